The molecule has 0 aliphatic carbocycles. The number of fused-ring (bicyclic) bond motifs is 2. The zero-order valence-electron chi connectivity index (χ0n) is 27.9. The van der Waals surface area contributed by atoms with Crippen molar-refractivity contribution in [1.29, 1.82) is 0 Å². The Morgan fingerprint density at radius 1 is 0.426 bits per heavy atom. The first-order valence-corrected chi connectivity index (χ1v) is 19.7. The summed E-state index contributed by atoms with van der Waals surface area (Å²) in [6, 6.07) is 25.2. The van der Waals surface area contributed by atoms with Gasteiger partial charge in [0.15, 0.2) is 0 Å². The molecule has 54 heavy (non-hydrogen) atoms. The third-order valence-electron chi connectivity index (χ3n) is 10.4. The van der Waals surface area contributed by atoms with Crippen molar-refractivity contribution in [3.63, 3.8) is 0 Å². The highest BCUT2D eigenvalue weighted by atomic mass is 32.2. The van der Waals surface area contributed by atoms with Gasteiger partial charge in [0.1, 0.15) is 0 Å². The standard InChI is InChI=1S/C40H26N2O10S2/c43-37-29-11-7-25-27-9-13-31-36-32(40(46)42(39(31)45)18-16-22-4-2-6-24(20-22)54(50,51)52)14-10-28(34(27)36)26-8-12-30(35(29)33(25)26)38(44)41(37)17-15-21-3-1-5-23(19-21)53(47,48)49/h1-14,19-20H,15-18H2,(H,47,48,49)(H,50,51,52). The second kappa shape index (κ2) is 11.7. The van der Waals surface area contributed by atoms with Crippen LogP contribution in [0.5, 0.6) is 0 Å². The Kier molecular flexibility index (Phi) is 7.33. The van der Waals surface area contributed by atoms with Gasteiger partial charge >= 0.3 is 0 Å². The number of benzene rings is 7. The number of nitrogens with zero attached hydrogens (tertiary/aromatic N) is 2. The number of rotatable bonds is 8. The average Bonchev–Trinajstić information content (AvgIpc) is 3.15. The average molecular weight is 759 g/mol. The van der Waals surface area contributed by atoms with E-state index in [9.17, 15) is 45.1 Å². The normalized spacial score (nSPS) is 14.8. The summed E-state index contributed by atoms with van der Waals surface area (Å²) < 4.78 is 65.5. The fraction of sp³-hybridized carbons (Fsp3) is 0.100. The molecule has 7 aromatic rings. The number of imide groups is 2. The summed E-state index contributed by atoms with van der Waals surface area (Å²) in [5, 5.41) is 5.34. The van der Waals surface area contributed by atoms with E-state index in [4.69, 9.17) is 0 Å². The minimum atomic E-state index is -4.43. The Labute approximate surface area is 307 Å². The SMILES string of the molecule is O=C1c2ccc3c4ccc5c6c(ccc(c7ccc(c2c37)C(=O)N1CCc1cccc(S(=O)(=O)O)c1)c64)C(=O)N(CCc1cccc(S(=O)(=O)O)c1)C5=O. The molecule has 0 fully saturated rings. The van der Waals surface area contributed by atoms with E-state index in [1.807, 2.05) is 0 Å². The van der Waals surface area contributed by atoms with E-state index in [1.54, 1.807) is 60.7 Å². The molecular formula is C40H26N2O10S2. The second-order valence-electron chi connectivity index (χ2n) is 13.4. The second-order valence-corrected chi connectivity index (χ2v) is 16.3. The van der Waals surface area contributed by atoms with Crippen LogP contribution in [0.15, 0.2) is 107 Å². The van der Waals surface area contributed by atoms with Crippen molar-refractivity contribution < 1.29 is 45.1 Å². The minimum Gasteiger partial charge on any atom is -0.282 e. The maximum Gasteiger partial charge on any atom is 0.294 e. The van der Waals surface area contributed by atoms with Crippen LogP contribution in [-0.2, 0) is 33.1 Å². The van der Waals surface area contributed by atoms with E-state index >= 15 is 0 Å². The van der Waals surface area contributed by atoms with Crippen LogP contribution in [0.4, 0.5) is 0 Å². The Hall–Kier alpha value is -6.06. The summed E-state index contributed by atoms with van der Waals surface area (Å²) in [6.07, 6.45) is 0.317. The van der Waals surface area contributed by atoms with Crippen molar-refractivity contribution in [2.75, 3.05) is 13.1 Å². The van der Waals surface area contributed by atoms with Gasteiger partial charge in [-0.15, -0.1) is 0 Å². The lowest BCUT2D eigenvalue weighted by Gasteiger charge is -2.30. The summed E-state index contributed by atoms with van der Waals surface area (Å²) >= 11 is 0. The number of amides is 4. The molecule has 7 aromatic carbocycles. The fourth-order valence-corrected chi connectivity index (χ4v) is 9.08. The van der Waals surface area contributed by atoms with E-state index in [0.717, 1.165) is 31.3 Å². The zero-order valence-corrected chi connectivity index (χ0v) is 29.6. The topological polar surface area (TPSA) is 184 Å². The summed E-state index contributed by atoms with van der Waals surface area (Å²) in [5.41, 5.74) is 2.35. The molecule has 14 heteroatoms. The van der Waals surface area contributed by atoms with Gasteiger partial charge in [0, 0.05) is 46.1 Å². The Balaban J connectivity index is 1.10. The lowest BCUT2D eigenvalue weighted by Crippen LogP contribution is -2.41. The molecule has 0 atom stereocenters. The molecule has 2 heterocycles. The molecule has 0 saturated carbocycles. The van der Waals surface area contributed by atoms with E-state index in [-0.39, 0.29) is 35.7 Å². The van der Waals surface area contributed by atoms with Gasteiger partial charge in [-0.05, 0) is 105 Å². The zero-order chi connectivity index (χ0) is 37.8. The van der Waals surface area contributed by atoms with Crippen LogP contribution in [0.25, 0.3) is 43.1 Å². The molecule has 0 bridgehead atoms. The van der Waals surface area contributed by atoms with Crippen molar-refractivity contribution in [3.8, 4) is 0 Å². The van der Waals surface area contributed by atoms with Crippen LogP contribution < -0.4 is 0 Å². The third kappa shape index (κ3) is 5.02. The van der Waals surface area contributed by atoms with Gasteiger partial charge in [-0.2, -0.15) is 16.8 Å². The Morgan fingerprint density at radius 3 is 1.04 bits per heavy atom. The Bertz CT molecular complexity index is 2770. The Morgan fingerprint density at radius 2 is 0.741 bits per heavy atom. The fourth-order valence-electron chi connectivity index (χ4n) is 7.98. The molecular weight excluding hydrogens is 733 g/mol. The van der Waals surface area contributed by atoms with Crippen molar-refractivity contribution in [3.05, 3.63) is 130 Å². The summed E-state index contributed by atoms with van der Waals surface area (Å²) in [4.78, 5) is 57.4. The summed E-state index contributed by atoms with van der Waals surface area (Å²) in [5.74, 6) is -2.00. The first-order chi connectivity index (χ1) is 25.7. The van der Waals surface area contributed by atoms with E-state index < -0.39 is 43.9 Å². The molecule has 0 radical (unpaired) electrons. The predicted molar refractivity (Wildman–Crippen MR) is 198 cm³/mol. The van der Waals surface area contributed by atoms with Crippen molar-refractivity contribution in [2.24, 2.45) is 0 Å². The number of hydrogen-bond acceptors (Lipinski definition) is 8. The lowest BCUT2D eigenvalue weighted by molar-refractivity contribution is 0.0597. The quantitative estimate of drug-likeness (QED) is 0.0818. The molecule has 2 aliphatic heterocycles. The van der Waals surface area contributed by atoms with E-state index in [1.165, 1.54) is 36.4 Å². The molecule has 9 rings (SSSR count). The minimum absolute atomic E-state index is 0.0270. The van der Waals surface area contributed by atoms with Crippen LogP contribution in [0, 0.1) is 0 Å². The van der Waals surface area contributed by atoms with Crippen molar-refractivity contribution >= 4 is 87.0 Å². The first-order valence-electron chi connectivity index (χ1n) is 16.8. The monoisotopic (exact) mass is 758 g/mol. The van der Waals surface area contributed by atoms with Crippen LogP contribution in [-0.4, -0.2) is 72.5 Å². The van der Waals surface area contributed by atoms with Gasteiger partial charge in [-0.3, -0.25) is 38.1 Å². The first kappa shape index (κ1) is 33.8. The van der Waals surface area contributed by atoms with E-state index in [0.29, 0.717) is 54.9 Å². The van der Waals surface area contributed by atoms with Gasteiger partial charge in [0.2, 0.25) is 0 Å². The largest absolute Gasteiger partial charge is 0.294 e. The molecule has 2 N–H and O–H groups in total. The van der Waals surface area contributed by atoms with Crippen LogP contribution in [0.3, 0.4) is 0 Å². The summed E-state index contributed by atoms with van der Waals surface area (Å²) in [7, 11) is -8.86. The highest BCUT2D eigenvalue weighted by Gasteiger charge is 2.37. The lowest BCUT2D eigenvalue weighted by atomic mass is 9.82. The smallest absolute Gasteiger partial charge is 0.282 e. The third-order valence-corrected chi connectivity index (χ3v) is 12.1. The van der Waals surface area contributed by atoms with Crippen LogP contribution >= 0.6 is 0 Å². The van der Waals surface area contributed by atoms with Crippen LogP contribution in [0.2, 0.25) is 0 Å². The molecule has 0 spiro atoms. The highest BCUT2D eigenvalue weighted by molar-refractivity contribution is 7.86. The van der Waals surface area contributed by atoms with Crippen molar-refractivity contribution in [2.45, 2.75) is 22.6 Å². The van der Waals surface area contributed by atoms with Gasteiger partial charge in [0.05, 0.1) is 9.79 Å². The molecule has 2 aliphatic rings. The highest BCUT2D eigenvalue weighted by Crippen LogP contribution is 2.46. The molecule has 0 saturated heterocycles. The molecule has 4 amide bonds. The van der Waals surface area contributed by atoms with Gasteiger partial charge in [-0.25, -0.2) is 0 Å². The molecule has 12 nitrogen and oxygen atoms in total. The summed E-state index contributed by atoms with van der Waals surface area (Å²) in [6.45, 7) is -0.0541. The van der Waals surface area contributed by atoms with E-state index in [2.05, 4.69) is 0 Å². The maximum atomic E-state index is 13.9. The number of carbonyl (C=O) groups is 4. The number of hydrogen-bond donors (Lipinski definition) is 2. The van der Waals surface area contributed by atoms with Gasteiger partial charge in [0.25, 0.3) is 43.9 Å². The van der Waals surface area contributed by atoms with Crippen LogP contribution in [0.1, 0.15) is 52.6 Å². The van der Waals surface area contributed by atoms with Crippen molar-refractivity contribution in [1.82, 2.24) is 9.80 Å². The molecule has 0 unspecified atom stereocenters. The molecule has 268 valence electrons. The van der Waals surface area contributed by atoms with Gasteiger partial charge < -0.3 is 0 Å². The molecule has 0 aromatic heterocycles. The predicted octanol–water partition coefficient (Wildman–Crippen LogP) is 5.91. The number of carbonyl (C=O) groups excluding carboxylic acids is 4. The van der Waals surface area contributed by atoms with Gasteiger partial charge in [-0.1, -0.05) is 48.5 Å². The maximum absolute atomic E-state index is 13.9.